The van der Waals surface area contributed by atoms with Gasteiger partial charge in [-0.3, -0.25) is 9.48 Å². The molecule has 1 aliphatic heterocycles. The van der Waals surface area contributed by atoms with Crippen LogP contribution in [0.15, 0.2) is 30.5 Å². The first kappa shape index (κ1) is 23.1. The van der Waals surface area contributed by atoms with Crippen LogP contribution in [0.2, 0.25) is 0 Å². The number of carbonyl (C=O) groups excluding carboxylic acids is 1. The van der Waals surface area contributed by atoms with Crippen LogP contribution < -0.4 is 11.1 Å². The van der Waals surface area contributed by atoms with E-state index in [-0.39, 0.29) is 28.9 Å². The second-order valence-corrected chi connectivity index (χ2v) is 8.97. The summed E-state index contributed by atoms with van der Waals surface area (Å²) in [6, 6.07) is 7.97. The fourth-order valence-electron chi connectivity index (χ4n) is 4.71. The van der Waals surface area contributed by atoms with Crippen LogP contribution in [-0.4, -0.2) is 35.1 Å². The zero-order valence-corrected chi connectivity index (χ0v) is 18.0. The van der Waals surface area contributed by atoms with E-state index in [9.17, 15) is 23.2 Å². The lowest BCUT2D eigenvalue weighted by Gasteiger charge is -2.36. The Morgan fingerprint density at radius 2 is 1.97 bits per heavy atom. The van der Waals surface area contributed by atoms with Gasteiger partial charge in [0, 0.05) is 17.8 Å². The lowest BCUT2D eigenvalue weighted by molar-refractivity contribution is -0.127. The monoisotopic (exact) mass is 461 g/mol. The van der Waals surface area contributed by atoms with Gasteiger partial charge >= 0.3 is 6.18 Å². The molecule has 1 aromatic carbocycles. The van der Waals surface area contributed by atoms with Crippen LogP contribution in [0.4, 0.5) is 24.7 Å². The SMILES string of the molecule is N#C[C@H]1C[C@H](CC2COC2)CC[C@@H]1n1cc(C(N)=O)c(Nc2ccc(CC(F)(F)F)cc2)n1. The van der Waals surface area contributed by atoms with E-state index in [2.05, 4.69) is 16.5 Å². The Morgan fingerprint density at radius 3 is 2.55 bits per heavy atom. The second-order valence-electron chi connectivity index (χ2n) is 8.97. The third-order valence-corrected chi connectivity index (χ3v) is 6.42. The van der Waals surface area contributed by atoms with Crippen LogP contribution in [0, 0.1) is 29.1 Å². The summed E-state index contributed by atoms with van der Waals surface area (Å²) in [5.41, 5.74) is 6.32. The van der Waals surface area contributed by atoms with Crippen LogP contribution in [0.5, 0.6) is 0 Å². The summed E-state index contributed by atoms with van der Waals surface area (Å²) in [4.78, 5) is 12.0. The fraction of sp³-hybridized carbons (Fsp3) is 0.522. The number of nitriles is 1. The van der Waals surface area contributed by atoms with Crippen molar-refractivity contribution in [2.45, 2.75) is 44.3 Å². The summed E-state index contributed by atoms with van der Waals surface area (Å²) >= 11 is 0. The van der Waals surface area contributed by atoms with E-state index in [0.29, 0.717) is 17.5 Å². The van der Waals surface area contributed by atoms with Crippen molar-refractivity contribution in [3.8, 4) is 6.07 Å². The second kappa shape index (κ2) is 9.43. The van der Waals surface area contributed by atoms with Crippen molar-refractivity contribution < 1.29 is 22.7 Å². The number of benzene rings is 1. The number of ether oxygens (including phenoxy) is 1. The molecule has 1 aromatic heterocycles. The summed E-state index contributed by atoms with van der Waals surface area (Å²) in [5, 5.41) is 17.2. The summed E-state index contributed by atoms with van der Waals surface area (Å²) in [6.07, 6.45) is -0.177. The van der Waals surface area contributed by atoms with Gasteiger partial charge in [-0.2, -0.15) is 23.5 Å². The van der Waals surface area contributed by atoms with Crippen LogP contribution in [0.25, 0.3) is 0 Å². The largest absolute Gasteiger partial charge is 0.393 e. The van der Waals surface area contributed by atoms with Crippen molar-refractivity contribution in [2.75, 3.05) is 18.5 Å². The van der Waals surface area contributed by atoms with Gasteiger partial charge < -0.3 is 15.8 Å². The third kappa shape index (κ3) is 5.66. The molecule has 2 heterocycles. The maximum absolute atomic E-state index is 12.6. The number of nitrogens with two attached hydrogens (primary N) is 1. The van der Waals surface area contributed by atoms with Gasteiger partial charge in [0.1, 0.15) is 5.56 Å². The molecule has 1 saturated carbocycles. The van der Waals surface area contributed by atoms with Gasteiger partial charge in [0.15, 0.2) is 5.82 Å². The Kier molecular flexibility index (Phi) is 6.61. The van der Waals surface area contributed by atoms with Crippen LogP contribution >= 0.6 is 0 Å². The molecule has 0 unspecified atom stereocenters. The molecule has 4 rings (SSSR count). The van der Waals surface area contributed by atoms with Crippen molar-refractivity contribution in [2.24, 2.45) is 23.5 Å². The molecule has 7 nitrogen and oxygen atoms in total. The molecule has 33 heavy (non-hydrogen) atoms. The van der Waals surface area contributed by atoms with Crippen LogP contribution in [0.3, 0.4) is 0 Å². The molecule has 10 heteroatoms. The van der Waals surface area contributed by atoms with Gasteiger partial charge in [-0.25, -0.2) is 0 Å². The van der Waals surface area contributed by atoms with Gasteiger partial charge in [0.25, 0.3) is 5.91 Å². The Morgan fingerprint density at radius 1 is 1.24 bits per heavy atom. The maximum Gasteiger partial charge on any atom is 0.393 e. The number of aromatic nitrogens is 2. The van der Waals surface area contributed by atoms with E-state index < -0.39 is 18.5 Å². The minimum absolute atomic E-state index is 0.135. The van der Waals surface area contributed by atoms with E-state index in [0.717, 1.165) is 38.9 Å². The maximum atomic E-state index is 12.6. The number of rotatable bonds is 7. The summed E-state index contributed by atoms with van der Waals surface area (Å²) in [7, 11) is 0. The first-order valence-corrected chi connectivity index (χ1v) is 11.0. The fourth-order valence-corrected chi connectivity index (χ4v) is 4.71. The van der Waals surface area contributed by atoms with Gasteiger partial charge in [0.05, 0.1) is 37.7 Å². The van der Waals surface area contributed by atoms with Gasteiger partial charge in [0.2, 0.25) is 0 Å². The molecular weight excluding hydrogens is 435 g/mol. The Bertz CT molecular complexity index is 1020. The van der Waals surface area contributed by atoms with Crippen molar-refractivity contribution >= 4 is 17.4 Å². The predicted octanol–water partition coefficient (Wildman–Crippen LogP) is 4.35. The summed E-state index contributed by atoms with van der Waals surface area (Å²) in [6.45, 7) is 1.59. The van der Waals surface area contributed by atoms with Crippen molar-refractivity contribution in [3.63, 3.8) is 0 Å². The first-order valence-electron chi connectivity index (χ1n) is 11.0. The molecular formula is C23H26F3N5O2. The number of anilines is 2. The van der Waals surface area contributed by atoms with E-state index in [1.54, 1.807) is 10.9 Å². The lowest BCUT2D eigenvalue weighted by atomic mass is 9.75. The van der Waals surface area contributed by atoms with Crippen molar-refractivity contribution in [1.82, 2.24) is 9.78 Å². The number of nitrogens with one attached hydrogen (secondary N) is 1. The molecule has 0 radical (unpaired) electrons. The molecule has 0 bridgehead atoms. The average Bonchev–Trinajstić information content (AvgIpc) is 3.15. The number of hydrogen-bond acceptors (Lipinski definition) is 5. The van der Waals surface area contributed by atoms with Gasteiger partial charge in [-0.1, -0.05) is 12.1 Å². The Hall–Kier alpha value is -3.06. The topological polar surface area (TPSA) is 106 Å². The molecule has 176 valence electrons. The van der Waals surface area contributed by atoms with Gasteiger partial charge in [-0.05, 0) is 49.3 Å². The Balaban J connectivity index is 1.48. The minimum Gasteiger partial charge on any atom is -0.381 e. The molecule has 1 aliphatic carbocycles. The minimum atomic E-state index is -4.28. The van der Waals surface area contributed by atoms with E-state index in [1.165, 1.54) is 24.3 Å². The molecule has 3 N–H and O–H groups in total. The molecule has 2 fully saturated rings. The predicted molar refractivity (Wildman–Crippen MR) is 115 cm³/mol. The number of halogens is 3. The number of amides is 1. The van der Waals surface area contributed by atoms with Crippen molar-refractivity contribution in [1.29, 1.82) is 5.26 Å². The summed E-state index contributed by atoms with van der Waals surface area (Å²) in [5.74, 6) is 0.357. The third-order valence-electron chi connectivity index (χ3n) is 6.42. The lowest BCUT2D eigenvalue weighted by Crippen LogP contribution is -2.33. The van der Waals surface area contributed by atoms with Crippen LogP contribution in [0.1, 0.15) is 47.6 Å². The number of carbonyl (C=O) groups is 1. The van der Waals surface area contributed by atoms with E-state index in [4.69, 9.17) is 10.5 Å². The molecule has 1 amide bonds. The smallest absolute Gasteiger partial charge is 0.381 e. The highest BCUT2D eigenvalue weighted by Crippen LogP contribution is 2.40. The zero-order chi connectivity index (χ0) is 23.6. The highest BCUT2D eigenvalue weighted by molar-refractivity contribution is 5.98. The molecule has 2 aromatic rings. The highest BCUT2D eigenvalue weighted by Gasteiger charge is 2.35. The normalized spacial score (nSPS) is 23.5. The average molecular weight is 461 g/mol. The zero-order valence-electron chi connectivity index (χ0n) is 18.0. The highest BCUT2D eigenvalue weighted by atomic mass is 19.4. The van der Waals surface area contributed by atoms with Crippen LogP contribution in [-0.2, 0) is 11.2 Å². The van der Waals surface area contributed by atoms with Gasteiger partial charge in [-0.15, -0.1) is 0 Å². The molecule has 1 saturated heterocycles. The Labute approximate surface area is 189 Å². The number of alkyl halides is 3. The number of nitrogens with zero attached hydrogens (tertiary/aromatic N) is 3. The van der Waals surface area contributed by atoms with E-state index in [1.807, 2.05) is 0 Å². The summed E-state index contributed by atoms with van der Waals surface area (Å²) < 4.78 is 44.6. The number of hydrogen-bond donors (Lipinski definition) is 2. The van der Waals surface area contributed by atoms with E-state index >= 15 is 0 Å². The quantitative estimate of drug-likeness (QED) is 0.638. The molecule has 3 atom stereocenters. The first-order chi connectivity index (χ1) is 15.7. The number of primary amides is 1. The molecule has 2 aliphatic rings. The molecule has 0 spiro atoms. The standard InChI is InChI=1S/C23H26F3N5O2/c24-23(25,26)9-14-1-4-18(5-2-14)29-22-19(21(28)32)11-31(30-22)20-6-3-15(8-17(20)10-27)7-16-12-33-13-16/h1-2,4-5,11,15-17,20H,3,6-9,12-13H2,(H2,28,32)(H,29,30)/t15-,17+,20-/m0/s1. The van der Waals surface area contributed by atoms with Crippen molar-refractivity contribution in [3.05, 3.63) is 41.6 Å².